The van der Waals surface area contributed by atoms with Crippen molar-refractivity contribution in [1.29, 1.82) is 0 Å². The van der Waals surface area contributed by atoms with Gasteiger partial charge in [-0.15, -0.1) is 0 Å². The van der Waals surface area contributed by atoms with E-state index < -0.39 is 10.0 Å². The molecule has 1 saturated carbocycles. The van der Waals surface area contributed by atoms with Crippen LogP contribution in [0.1, 0.15) is 25.0 Å². The van der Waals surface area contributed by atoms with Gasteiger partial charge in [-0.2, -0.15) is 4.31 Å². The number of sulfonamides is 1. The fourth-order valence-corrected chi connectivity index (χ4v) is 3.74. The number of hydrogen-bond acceptors (Lipinski definition) is 5. The number of nitrogens with zero attached hydrogens (tertiary/aromatic N) is 2. The minimum Gasteiger partial charge on any atom is -0.446 e. The number of furan rings is 1. The minimum atomic E-state index is -3.64. The molecule has 1 N–H and O–H groups in total. The molecule has 0 radical (unpaired) electrons. The molecule has 0 bridgehead atoms. The Morgan fingerprint density at radius 2 is 1.95 bits per heavy atom. The Morgan fingerprint density at radius 1 is 1.30 bits per heavy atom. The van der Waals surface area contributed by atoms with Gasteiger partial charge in [0.05, 0.1) is 0 Å². The molecule has 0 saturated heterocycles. The van der Waals surface area contributed by atoms with E-state index in [1.807, 2.05) is 14.1 Å². The highest BCUT2D eigenvalue weighted by Gasteiger charge is 2.42. The van der Waals surface area contributed by atoms with Gasteiger partial charge in [-0.25, -0.2) is 8.42 Å². The molecule has 0 amide bonds. The predicted molar refractivity (Wildman–Crippen MR) is 74.7 cm³/mol. The zero-order valence-electron chi connectivity index (χ0n) is 12.2. The van der Waals surface area contributed by atoms with Crippen LogP contribution in [0.15, 0.2) is 21.6 Å². The number of aliphatic hydroxyl groups excluding tert-OH is 1. The molecule has 0 atom stereocenters. The van der Waals surface area contributed by atoms with E-state index in [9.17, 15) is 8.42 Å². The van der Waals surface area contributed by atoms with Crippen LogP contribution in [0, 0.1) is 0 Å². The van der Waals surface area contributed by atoms with Gasteiger partial charge in [-0.1, -0.05) is 0 Å². The molecule has 114 valence electrons. The molecule has 0 aromatic carbocycles. The molecule has 1 aliphatic rings. The van der Waals surface area contributed by atoms with E-state index in [0.717, 1.165) is 19.3 Å². The van der Waals surface area contributed by atoms with Crippen LogP contribution in [0.5, 0.6) is 0 Å². The summed E-state index contributed by atoms with van der Waals surface area (Å²) in [6.07, 6.45) is 3.13. The lowest BCUT2D eigenvalue weighted by molar-refractivity contribution is 0.0452. The van der Waals surface area contributed by atoms with E-state index in [1.54, 1.807) is 7.05 Å². The lowest BCUT2D eigenvalue weighted by Crippen LogP contribution is -2.57. The van der Waals surface area contributed by atoms with E-state index >= 15 is 0 Å². The van der Waals surface area contributed by atoms with Crippen LogP contribution in [0.4, 0.5) is 0 Å². The Morgan fingerprint density at radius 3 is 2.35 bits per heavy atom. The zero-order chi connectivity index (χ0) is 15.0. The molecular weight excluding hydrogens is 280 g/mol. The summed E-state index contributed by atoms with van der Waals surface area (Å²) in [5, 5.41) is 8.84. The smallest absolute Gasteiger partial charge is 0.276 e. The summed E-state index contributed by atoms with van der Waals surface area (Å²) in [5.74, 6) is 0.253. The first-order valence-electron chi connectivity index (χ1n) is 6.65. The van der Waals surface area contributed by atoms with Crippen LogP contribution < -0.4 is 0 Å². The second-order valence-corrected chi connectivity index (χ2v) is 7.59. The van der Waals surface area contributed by atoms with Crippen LogP contribution in [-0.4, -0.2) is 56.0 Å². The highest BCUT2D eigenvalue weighted by atomic mass is 32.2. The maximum absolute atomic E-state index is 12.4. The zero-order valence-corrected chi connectivity index (χ0v) is 13.0. The summed E-state index contributed by atoms with van der Waals surface area (Å²) >= 11 is 0. The van der Waals surface area contributed by atoms with Gasteiger partial charge >= 0.3 is 0 Å². The SMILES string of the molecule is CN(C)C1(CN(C)S(=O)(=O)c2ccc(CO)o2)CCC1. The van der Waals surface area contributed by atoms with Gasteiger partial charge in [-0.3, -0.25) is 0 Å². The molecule has 6 nitrogen and oxygen atoms in total. The van der Waals surface area contributed by atoms with Crippen molar-refractivity contribution in [2.24, 2.45) is 0 Å². The predicted octanol–water partition coefficient (Wildman–Crippen LogP) is 0.877. The Kier molecular flexibility index (Phi) is 4.24. The van der Waals surface area contributed by atoms with Crippen LogP contribution in [0.3, 0.4) is 0 Å². The summed E-state index contributed by atoms with van der Waals surface area (Å²) in [7, 11) is 1.89. The summed E-state index contributed by atoms with van der Waals surface area (Å²) < 4.78 is 31.4. The van der Waals surface area contributed by atoms with Gasteiger partial charge in [0.1, 0.15) is 12.4 Å². The van der Waals surface area contributed by atoms with Crippen LogP contribution in [-0.2, 0) is 16.6 Å². The van der Waals surface area contributed by atoms with Gasteiger partial charge in [0.25, 0.3) is 10.0 Å². The van der Waals surface area contributed by atoms with E-state index in [1.165, 1.54) is 16.4 Å². The van der Waals surface area contributed by atoms with Gasteiger partial charge < -0.3 is 14.4 Å². The van der Waals surface area contributed by atoms with Crippen molar-refractivity contribution in [2.75, 3.05) is 27.7 Å². The Labute approximate surface area is 120 Å². The molecule has 0 spiro atoms. The van der Waals surface area contributed by atoms with Gasteiger partial charge in [0.2, 0.25) is 5.09 Å². The van der Waals surface area contributed by atoms with Crippen LogP contribution in [0.25, 0.3) is 0 Å². The number of likely N-dealkylation sites (N-methyl/N-ethyl adjacent to an activating group) is 2. The van der Waals surface area contributed by atoms with Gasteiger partial charge in [0, 0.05) is 19.1 Å². The number of aliphatic hydroxyl groups is 1. The standard InChI is InChI=1S/C13H22N2O4S/c1-14(2)13(7-4-8-13)10-15(3)20(17,18)12-6-5-11(9-16)19-12/h5-6,16H,4,7-10H2,1-3H3. The lowest BCUT2D eigenvalue weighted by atomic mass is 9.75. The van der Waals surface area contributed by atoms with Crippen LogP contribution in [0.2, 0.25) is 0 Å². The summed E-state index contributed by atoms with van der Waals surface area (Å²) in [6.45, 7) is 0.137. The van der Waals surface area contributed by atoms with E-state index in [-0.39, 0.29) is 23.0 Å². The Hall–Kier alpha value is -0.890. The van der Waals surface area contributed by atoms with Gasteiger partial charge in [0.15, 0.2) is 0 Å². The largest absolute Gasteiger partial charge is 0.446 e. The minimum absolute atomic E-state index is 0.0752. The van der Waals surface area contributed by atoms with Crippen molar-refractivity contribution in [3.05, 3.63) is 17.9 Å². The maximum atomic E-state index is 12.4. The Bertz CT molecular complexity index is 561. The third-order valence-corrected chi connectivity index (χ3v) is 5.88. The molecule has 20 heavy (non-hydrogen) atoms. The van der Waals surface area contributed by atoms with E-state index in [0.29, 0.717) is 6.54 Å². The highest BCUT2D eigenvalue weighted by Crippen LogP contribution is 2.37. The third kappa shape index (κ3) is 2.63. The van der Waals surface area contributed by atoms with Crippen molar-refractivity contribution in [3.63, 3.8) is 0 Å². The van der Waals surface area contributed by atoms with Gasteiger partial charge in [-0.05, 0) is 45.5 Å². The monoisotopic (exact) mass is 302 g/mol. The summed E-state index contributed by atoms with van der Waals surface area (Å²) in [6, 6.07) is 2.87. The summed E-state index contributed by atoms with van der Waals surface area (Å²) in [4.78, 5) is 2.10. The Balaban J connectivity index is 2.17. The first-order valence-corrected chi connectivity index (χ1v) is 8.09. The molecular formula is C13H22N2O4S. The molecule has 1 fully saturated rings. The molecule has 1 aliphatic carbocycles. The molecule has 0 unspecified atom stereocenters. The lowest BCUT2D eigenvalue weighted by Gasteiger charge is -2.48. The van der Waals surface area contributed by atoms with Crippen molar-refractivity contribution < 1.29 is 17.9 Å². The molecule has 1 aromatic rings. The quantitative estimate of drug-likeness (QED) is 0.844. The average Bonchev–Trinajstić information content (AvgIpc) is 2.82. The first-order chi connectivity index (χ1) is 9.32. The van der Waals surface area contributed by atoms with E-state index in [4.69, 9.17) is 9.52 Å². The highest BCUT2D eigenvalue weighted by molar-refractivity contribution is 7.89. The third-order valence-electron chi connectivity index (χ3n) is 4.21. The van der Waals surface area contributed by atoms with Crippen molar-refractivity contribution in [2.45, 2.75) is 36.5 Å². The number of rotatable bonds is 6. The average molecular weight is 302 g/mol. The fraction of sp³-hybridized carbons (Fsp3) is 0.692. The molecule has 0 aliphatic heterocycles. The van der Waals surface area contributed by atoms with Crippen molar-refractivity contribution in [3.8, 4) is 0 Å². The number of hydrogen-bond donors (Lipinski definition) is 1. The van der Waals surface area contributed by atoms with Crippen molar-refractivity contribution in [1.82, 2.24) is 9.21 Å². The maximum Gasteiger partial charge on any atom is 0.276 e. The normalized spacial score (nSPS) is 18.5. The molecule has 7 heteroatoms. The second-order valence-electron chi connectivity index (χ2n) is 5.61. The summed E-state index contributed by atoms with van der Waals surface area (Å²) in [5.41, 5.74) is -0.0752. The molecule has 1 heterocycles. The first kappa shape index (κ1) is 15.5. The van der Waals surface area contributed by atoms with Crippen LogP contribution >= 0.6 is 0 Å². The fourth-order valence-electron chi connectivity index (χ4n) is 2.57. The second kappa shape index (κ2) is 5.48. The molecule has 2 rings (SSSR count). The molecule has 1 aromatic heterocycles. The van der Waals surface area contributed by atoms with Crippen molar-refractivity contribution >= 4 is 10.0 Å². The van der Waals surface area contributed by atoms with E-state index in [2.05, 4.69) is 4.90 Å². The topological polar surface area (TPSA) is 74.0 Å².